The first kappa shape index (κ1) is 18.1. The van der Waals surface area contributed by atoms with Crippen molar-refractivity contribution < 1.29 is 19.1 Å². The number of amides is 3. The lowest BCUT2D eigenvalue weighted by Crippen LogP contribution is -2.36. The van der Waals surface area contributed by atoms with Gasteiger partial charge in [0.05, 0.1) is 29.6 Å². The summed E-state index contributed by atoms with van der Waals surface area (Å²) in [5.41, 5.74) is 1.67. The zero-order valence-corrected chi connectivity index (χ0v) is 17.4. The second kappa shape index (κ2) is 6.38. The first-order valence-corrected chi connectivity index (χ1v) is 11.9. The summed E-state index contributed by atoms with van der Waals surface area (Å²) < 4.78 is 5.87. The van der Waals surface area contributed by atoms with Crippen LogP contribution < -0.4 is 10.2 Å². The van der Waals surface area contributed by atoms with E-state index >= 15 is 0 Å². The van der Waals surface area contributed by atoms with Crippen molar-refractivity contribution in [1.29, 1.82) is 0 Å². The van der Waals surface area contributed by atoms with E-state index in [0.29, 0.717) is 16.5 Å². The lowest BCUT2D eigenvalue weighted by molar-refractivity contribution is -0.124. The van der Waals surface area contributed by atoms with Gasteiger partial charge in [-0.25, -0.2) is 4.90 Å². The molecular weight excluding hydrogens is 388 g/mol. The minimum atomic E-state index is -0.358. The number of fused-ring (bicyclic) bond motifs is 6. The smallest absolute Gasteiger partial charge is 0.254 e. The summed E-state index contributed by atoms with van der Waals surface area (Å²) in [6, 6.07) is 0.242. The highest BCUT2D eigenvalue weighted by atomic mass is 32.1. The van der Waals surface area contributed by atoms with Gasteiger partial charge in [-0.1, -0.05) is 13.3 Å². The highest BCUT2D eigenvalue weighted by molar-refractivity contribution is 7.17. The Morgan fingerprint density at radius 1 is 1.10 bits per heavy atom. The van der Waals surface area contributed by atoms with Crippen molar-refractivity contribution in [2.75, 3.05) is 4.90 Å². The van der Waals surface area contributed by atoms with Gasteiger partial charge in [-0.15, -0.1) is 11.3 Å². The predicted molar refractivity (Wildman–Crippen MR) is 108 cm³/mol. The van der Waals surface area contributed by atoms with Gasteiger partial charge in [0.2, 0.25) is 11.8 Å². The Balaban J connectivity index is 1.42. The molecule has 154 valence electrons. The topological polar surface area (TPSA) is 75.7 Å². The summed E-state index contributed by atoms with van der Waals surface area (Å²) in [7, 11) is 0. The second-order valence-electron chi connectivity index (χ2n) is 9.30. The number of nitrogens with one attached hydrogen (secondary N) is 1. The lowest BCUT2D eigenvalue weighted by atomic mass is 9.81. The molecule has 1 aromatic heterocycles. The Morgan fingerprint density at radius 2 is 1.79 bits per heavy atom. The Morgan fingerprint density at radius 3 is 2.41 bits per heavy atom. The number of anilines is 1. The molecule has 3 amide bonds. The molecule has 7 heteroatoms. The lowest BCUT2D eigenvalue weighted by Gasteiger charge is -2.21. The summed E-state index contributed by atoms with van der Waals surface area (Å²) in [6.45, 7) is 2.20. The molecule has 3 aliphatic heterocycles. The Labute approximate surface area is 174 Å². The molecular formula is C22H26N2O4S. The molecule has 6 nitrogen and oxygen atoms in total. The molecule has 4 fully saturated rings. The molecule has 0 unspecified atom stereocenters. The summed E-state index contributed by atoms with van der Waals surface area (Å²) in [5, 5.41) is 3.68. The van der Waals surface area contributed by atoms with Crippen molar-refractivity contribution in [2.45, 2.75) is 76.5 Å². The fourth-order valence-corrected chi connectivity index (χ4v) is 7.25. The molecule has 1 aromatic rings. The van der Waals surface area contributed by atoms with Crippen molar-refractivity contribution in [3.05, 3.63) is 16.0 Å². The van der Waals surface area contributed by atoms with Crippen molar-refractivity contribution in [2.24, 2.45) is 17.8 Å². The number of thiophene rings is 1. The zero-order chi connectivity index (χ0) is 19.9. The Hall–Kier alpha value is -1.73. The molecule has 2 aliphatic carbocycles. The molecule has 0 radical (unpaired) electrons. The summed E-state index contributed by atoms with van der Waals surface area (Å²) in [5.74, 6) is -0.517. The third kappa shape index (κ3) is 2.59. The Bertz CT molecular complexity index is 892. The van der Waals surface area contributed by atoms with E-state index in [-0.39, 0.29) is 47.8 Å². The van der Waals surface area contributed by atoms with Crippen molar-refractivity contribution in [1.82, 2.24) is 5.32 Å². The Kier molecular flexibility index (Phi) is 3.98. The van der Waals surface area contributed by atoms with Crippen LogP contribution in [0.4, 0.5) is 5.00 Å². The van der Waals surface area contributed by atoms with Crippen molar-refractivity contribution in [3.8, 4) is 0 Å². The fraction of sp³-hybridized carbons (Fsp3) is 0.682. The van der Waals surface area contributed by atoms with E-state index in [1.54, 1.807) is 0 Å². The van der Waals surface area contributed by atoms with Gasteiger partial charge in [-0.05, 0) is 56.4 Å². The summed E-state index contributed by atoms with van der Waals surface area (Å²) >= 11 is 1.51. The maximum Gasteiger partial charge on any atom is 0.254 e. The minimum Gasteiger partial charge on any atom is -0.373 e. The number of carbonyl (C=O) groups is 3. The highest BCUT2D eigenvalue weighted by Gasteiger charge is 2.63. The number of hydrogen-bond donors (Lipinski definition) is 1. The molecule has 1 N–H and O–H groups in total. The quantitative estimate of drug-likeness (QED) is 0.769. The summed E-state index contributed by atoms with van der Waals surface area (Å²) in [6.07, 6.45) is 7.45. The maximum atomic E-state index is 13.3. The van der Waals surface area contributed by atoms with E-state index < -0.39 is 0 Å². The largest absolute Gasteiger partial charge is 0.373 e. The van der Waals surface area contributed by atoms with Gasteiger partial charge in [0, 0.05) is 10.9 Å². The van der Waals surface area contributed by atoms with Crippen LogP contribution in [0.25, 0.3) is 0 Å². The normalized spacial score (nSPS) is 35.2. The van der Waals surface area contributed by atoms with Crippen LogP contribution in [-0.2, 0) is 27.2 Å². The first-order valence-electron chi connectivity index (χ1n) is 11.1. The van der Waals surface area contributed by atoms with Crippen LogP contribution in [0, 0.1) is 17.8 Å². The summed E-state index contributed by atoms with van der Waals surface area (Å²) in [4.78, 5) is 42.4. The van der Waals surface area contributed by atoms with Crippen LogP contribution in [0.3, 0.4) is 0 Å². The number of nitrogens with zero attached hydrogens (tertiary/aromatic N) is 1. The highest BCUT2D eigenvalue weighted by Crippen LogP contribution is 2.52. The fourth-order valence-electron chi connectivity index (χ4n) is 5.78. The number of ether oxygens (including phenoxy) is 1. The molecule has 4 heterocycles. The second-order valence-corrected chi connectivity index (χ2v) is 10.4. The molecule has 5 atom stereocenters. The third-order valence-corrected chi connectivity index (χ3v) is 8.79. The van der Waals surface area contributed by atoms with Crippen LogP contribution >= 0.6 is 11.3 Å². The molecule has 5 aliphatic rings. The van der Waals surface area contributed by atoms with Crippen molar-refractivity contribution in [3.63, 3.8) is 0 Å². The average molecular weight is 415 g/mol. The molecule has 3 saturated heterocycles. The SMILES string of the molecule is CC[C@@H]1CCc2c(sc(N3C(=O)[C@@H]4[C@H](C3=O)[C@@H]3CC[C@H]4O3)c2C(=O)NC2CC2)C1. The third-order valence-electron chi connectivity index (χ3n) is 7.55. The van der Waals surface area contributed by atoms with Gasteiger partial charge >= 0.3 is 0 Å². The zero-order valence-electron chi connectivity index (χ0n) is 16.6. The number of imide groups is 1. The van der Waals surface area contributed by atoms with E-state index in [1.807, 2.05) is 0 Å². The molecule has 2 bridgehead atoms. The number of rotatable bonds is 4. The number of hydrogen-bond acceptors (Lipinski definition) is 5. The van der Waals surface area contributed by atoms with Crippen LogP contribution in [0.15, 0.2) is 0 Å². The molecule has 6 rings (SSSR count). The van der Waals surface area contributed by atoms with Crippen LogP contribution in [0.2, 0.25) is 0 Å². The predicted octanol–water partition coefficient (Wildman–Crippen LogP) is 2.82. The molecule has 0 spiro atoms. The first-order chi connectivity index (χ1) is 14.1. The van der Waals surface area contributed by atoms with Crippen LogP contribution in [-0.4, -0.2) is 36.0 Å². The van der Waals surface area contributed by atoms with E-state index in [4.69, 9.17) is 4.74 Å². The van der Waals surface area contributed by atoms with Gasteiger partial charge in [-0.3, -0.25) is 14.4 Å². The van der Waals surface area contributed by atoms with Crippen LogP contribution in [0.5, 0.6) is 0 Å². The van der Waals surface area contributed by atoms with Gasteiger partial charge in [0.25, 0.3) is 5.91 Å². The van der Waals surface area contributed by atoms with Crippen molar-refractivity contribution >= 4 is 34.1 Å². The van der Waals surface area contributed by atoms with Gasteiger partial charge < -0.3 is 10.1 Å². The van der Waals surface area contributed by atoms with Gasteiger partial charge in [-0.2, -0.15) is 0 Å². The minimum absolute atomic E-state index is 0.105. The molecule has 29 heavy (non-hydrogen) atoms. The standard InChI is InChI=1S/C22H26N2O4S/c1-2-10-3-6-12-15(9-10)29-22(16(12)19(25)23-11-4-5-11)24-20(26)17-13-7-8-14(28-13)18(17)21(24)27/h10-11,13-14,17-18H,2-9H2,1H3,(H,23,25)/t10-,13-,14+,17+,18-/m1/s1. The molecule has 1 saturated carbocycles. The average Bonchev–Trinajstić information content (AvgIpc) is 3.07. The van der Waals surface area contributed by atoms with Gasteiger partial charge in [0.1, 0.15) is 5.00 Å². The molecule has 0 aromatic carbocycles. The van der Waals surface area contributed by atoms with E-state index in [9.17, 15) is 14.4 Å². The van der Waals surface area contributed by atoms with E-state index in [0.717, 1.165) is 56.9 Å². The maximum absolute atomic E-state index is 13.3. The van der Waals surface area contributed by atoms with Gasteiger partial charge in [0.15, 0.2) is 0 Å². The van der Waals surface area contributed by atoms with E-state index in [1.165, 1.54) is 21.1 Å². The van der Waals surface area contributed by atoms with E-state index in [2.05, 4.69) is 12.2 Å². The number of carbonyl (C=O) groups excluding carboxylic acids is 3. The van der Waals surface area contributed by atoms with Crippen LogP contribution in [0.1, 0.15) is 66.2 Å². The monoisotopic (exact) mass is 414 g/mol.